The Morgan fingerprint density at radius 1 is 0.690 bits per heavy atom. The molecule has 10 heteroatoms. The first-order valence-electron chi connectivity index (χ1n) is 14.2. The second-order valence-electron chi connectivity index (χ2n) is 10.3. The number of amides is 3. The molecule has 0 aromatic heterocycles. The second kappa shape index (κ2) is 13.4. The highest BCUT2D eigenvalue weighted by Crippen LogP contribution is 2.31. The van der Waals surface area contributed by atoms with Gasteiger partial charge in [-0.15, -0.1) is 0 Å². The van der Waals surface area contributed by atoms with Gasteiger partial charge in [-0.25, -0.2) is 0 Å². The minimum atomic E-state index is -0.334. The predicted octanol–water partition coefficient (Wildman–Crippen LogP) is 3.35. The Morgan fingerprint density at radius 2 is 1.38 bits per heavy atom. The molecule has 0 radical (unpaired) electrons. The fourth-order valence-electron chi connectivity index (χ4n) is 5.39. The van der Waals surface area contributed by atoms with E-state index < -0.39 is 0 Å². The average Bonchev–Trinajstić information content (AvgIpc) is 3.31. The fourth-order valence-corrected chi connectivity index (χ4v) is 5.39. The number of benzene rings is 3. The lowest BCUT2D eigenvalue weighted by Crippen LogP contribution is -2.46. The summed E-state index contributed by atoms with van der Waals surface area (Å²) in [5, 5.41) is 6.32. The summed E-state index contributed by atoms with van der Waals surface area (Å²) in [6.45, 7) is 5.22. The van der Waals surface area contributed by atoms with E-state index in [-0.39, 0.29) is 17.7 Å². The Balaban J connectivity index is 1.41. The number of ether oxygens (including phenoxy) is 2. The van der Waals surface area contributed by atoms with Crippen molar-refractivity contribution in [2.45, 2.75) is 6.42 Å². The molecule has 2 heterocycles. The van der Waals surface area contributed by atoms with Crippen molar-refractivity contribution in [2.75, 3.05) is 76.8 Å². The van der Waals surface area contributed by atoms with Crippen LogP contribution in [0.15, 0.2) is 66.7 Å². The molecule has 0 saturated carbocycles. The zero-order valence-corrected chi connectivity index (χ0v) is 24.1. The zero-order chi connectivity index (χ0) is 29.5. The molecule has 2 N–H and O–H groups in total. The lowest BCUT2D eigenvalue weighted by Gasteiger charge is -2.29. The van der Waals surface area contributed by atoms with Crippen LogP contribution in [0.4, 0.5) is 11.4 Å². The van der Waals surface area contributed by atoms with Crippen molar-refractivity contribution >= 4 is 29.1 Å². The molecule has 3 aromatic carbocycles. The Hall–Kier alpha value is -4.57. The van der Waals surface area contributed by atoms with Gasteiger partial charge in [-0.2, -0.15) is 0 Å². The highest BCUT2D eigenvalue weighted by atomic mass is 16.5. The van der Waals surface area contributed by atoms with Gasteiger partial charge in [0.05, 0.1) is 25.6 Å². The summed E-state index contributed by atoms with van der Waals surface area (Å²) in [6, 6.07) is 19.8. The lowest BCUT2D eigenvalue weighted by molar-refractivity contribution is 0.0734. The molecule has 2 fully saturated rings. The molecule has 3 aromatic rings. The van der Waals surface area contributed by atoms with Gasteiger partial charge >= 0.3 is 0 Å². The van der Waals surface area contributed by atoms with Crippen molar-refractivity contribution < 1.29 is 23.9 Å². The smallest absolute Gasteiger partial charge is 0.255 e. The number of rotatable bonds is 7. The normalized spacial score (nSPS) is 15.5. The van der Waals surface area contributed by atoms with Crippen LogP contribution in [0.25, 0.3) is 0 Å². The number of hydrogen-bond donors (Lipinski definition) is 2. The molecule has 2 aliphatic rings. The number of nitrogens with one attached hydrogen (secondary N) is 2. The van der Waals surface area contributed by atoms with Crippen molar-refractivity contribution in [3.63, 3.8) is 0 Å². The molecule has 2 aliphatic heterocycles. The van der Waals surface area contributed by atoms with E-state index in [1.54, 1.807) is 31.4 Å². The molecule has 220 valence electrons. The maximum atomic E-state index is 13.5. The van der Waals surface area contributed by atoms with Crippen molar-refractivity contribution in [1.29, 1.82) is 0 Å². The standard InChI is InChI=1S/C32H37N5O5/c1-41-28-12-10-24(22-29(28)42-2)30(38)34-26-21-25(32(40)37-17-13-33-14-18-37)9-11-27(26)35-15-6-16-36(20-19-35)31(39)23-7-4-3-5-8-23/h3-5,7-12,21-22,33H,6,13-20H2,1-2H3,(H,34,38). The molecular weight excluding hydrogens is 534 g/mol. The molecule has 3 amide bonds. The minimum Gasteiger partial charge on any atom is -0.493 e. The van der Waals surface area contributed by atoms with E-state index in [0.29, 0.717) is 73.1 Å². The first-order chi connectivity index (χ1) is 20.5. The molecule has 0 atom stereocenters. The third-order valence-electron chi connectivity index (χ3n) is 7.69. The summed E-state index contributed by atoms with van der Waals surface area (Å²) in [4.78, 5) is 45.8. The predicted molar refractivity (Wildman–Crippen MR) is 162 cm³/mol. The molecular formula is C32H37N5O5. The molecule has 10 nitrogen and oxygen atoms in total. The van der Waals surface area contributed by atoms with E-state index in [1.165, 1.54) is 7.11 Å². The van der Waals surface area contributed by atoms with Gasteiger partial charge in [0.1, 0.15) is 0 Å². The van der Waals surface area contributed by atoms with E-state index in [4.69, 9.17) is 9.47 Å². The van der Waals surface area contributed by atoms with Crippen LogP contribution < -0.4 is 25.0 Å². The number of carbonyl (C=O) groups excluding carboxylic acids is 3. The summed E-state index contributed by atoms with van der Waals surface area (Å²) in [5.41, 5.74) is 2.92. The van der Waals surface area contributed by atoms with Crippen LogP contribution in [0, 0.1) is 0 Å². The highest BCUT2D eigenvalue weighted by molar-refractivity contribution is 6.07. The molecule has 2 saturated heterocycles. The quantitative estimate of drug-likeness (QED) is 0.448. The van der Waals surface area contributed by atoms with E-state index in [9.17, 15) is 14.4 Å². The molecule has 42 heavy (non-hydrogen) atoms. The monoisotopic (exact) mass is 571 g/mol. The Morgan fingerprint density at radius 3 is 2.12 bits per heavy atom. The number of hydrogen-bond acceptors (Lipinski definition) is 7. The van der Waals surface area contributed by atoms with Crippen LogP contribution in [-0.2, 0) is 0 Å². The minimum absolute atomic E-state index is 0.0106. The van der Waals surface area contributed by atoms with E-state index in [1.807, 2.05) is 52.3 Å². The van der Waals surface area contributed by atoms with Crippen molar-refractivity contribution in [1.82, 2.24) is 15.1 Å². The van der Waals surface area contributed by atoms with Gasteiger partial charge in [0.2, 0.25) is 0 Å². The van der Waals surface area contributed by atoms with Crippen molar-refractivity contribution in [3.8, 4) is 11.5 Å². The summed E-state index contributed by atoms with van der Waals surface area (Å²) in [6.07, 6.45) is 0.767. The van der Waals surface area contributed by atoms with Gasteiger partial charge < -0.3 is 34.8 Å². The fraction of sp³-hybridized carbons (Fsp3) is 0.344. The summed E-state index contributed by atoms with van der Waals surface area (Å²) < 4.78 is 10.7. The summed E-state index contributed by atoms with van der Waals surface area (Å²) >= 11 is 0. The third-order valence-corrected chi connectivity index (χ3v) is 7.69. The van der Waals surface area contributed by atoms with Gasteiger partial charge in [0.25, 0.3) is 17.7 Å². The summed E-state index contributed by atoms with van der Waals surface area (Å²) in [5.74, 6) is 0.581. The van der Waals surface area contributed by atoms with Crippen LogP contribution in [0.3, 0.4) is 0 Å². The Kier molecular flexibility index (Phi) is 9.23. The van der Waals surface area contributed by atoms with E-state index in [0.717, 1.165) is 25.2 Å². The highest BCUT2D eigenvalue weighted by Gasteiger charge is 2.25. The van der Waals surface area contributed by atoms with Crippen LogP contribution in [-0.4, -0.2) is 94.1 Å². The van der Waals surface area contributed by atoms with Crippen LogP contribution in [0.2, 0.25) is 0 Å². The first-order valence-corrected chi connectivity index (χ1v) is 14.2. The average molecular weight is 572 g/mol. The maximum absolute atomic E-state index is 13.5. The van der Waals surface area contributed by atoms with Crippen LogP contribution in [0.5, 0.6) is 11.5 Å². The third kappa shape index (κ3) is 6.49. The van der Waals surface area contributed by atoms with E-state index in [2.05, 4.69) is 15.5 Å². The number of anilines is 2. The van der Waals surface area contributed by atoms with Gasteiger partial charge in [0.15, 0.2) is 11.5 Å². The van der Waals surface area contributed by atoms with Gasteiger partial charge in [-0.3, -0.25) is 14.4 Å². The Bertz CT molecular complexity index is 1420. The topological polar surface area (TPSA) is 103 Å². The molecule has 0 spiro atoms. The maximum Gasteiger partial charge on any atom is 0.255 e. The molecule has 5 rings (SSSR count). The zero-order valence-electron chi connectivity index (χ0n) is 24.1. The van der Waals surface area contributed by atoms with Crippen molar-refractivity contribution in [2.24, 2.45) is 0 Å². The summed E-state index contributed by atoms with van der Waals surface area (Å²) in [7, 11) is 3.06. The number of nitrogens with zero attached hydrogens (tertiary/aromatic N) is 3. The number of piperazine rings is 1. The largest absolute Gasteiger partial charge is 0.493 e. The van der Waals surface area contributed by atoms with Gasteiger partial charge in [-0.1, -0.05) is 18.2 Å². The molecule has 0 aliphatic carbocycles. The first kappa shape index (κ1) is 28.9. The number of carbonyl (C=O) groups is 3. The van der Waals surface area contributed by atoms with Gasteiger partial charge in [-0.05, 0) is 55.0 Å². The van der Waals surface area contributed by atoms with E-state index >= 15 is 0 Å². The molecule has 0 bridgehead atoms. The van der Waals surface area contributed by atoms with Gasteiger partial charge in [0, 0.05) is 69.0 Å². The Labute approximate surface area is 246 Å². The SMILES string of the molecule is COc1ccc(C(=O)Nc2cc(C(=O)N3CCNCC3)ccc2N2CCCN(C(=O)c3ccccc3)CC2)cc1OC. The molecule has 0 unspecified atom stereocenters. The lowest BCUT2D eigenvalue weighted by atomic mass is 10.1. The second-order valence-corrected chi connectivity index (χ2v) is 10.3. The van der Waals surface area contributed by atoms with Crippen LogP contribution >= 0.6 is 0 Å². The number of methoxy groups -OCH3 is 2. The van der Waals surface area contributed by atoms with Crippen molar-refractivity contribution in [3.05, 3.63) is 83.4 Å². The van der Waals surface area contributed by atoms with Crippen LogP contribution in [0.1, 0.15) is 37.5 Å².